The smallest absolute Gasteiger partial charge is 0.460 e. The van der Waals surface area contributed by atoms with Gasteiger partial charge in [0.1, 0.15) is 0 Å². The van der Waals surface area contributed by atoms with E-state index in [1.165, 1.54) is 0 Å². The summed E-state index contributed by atoms with van der Waals surface area (Å²) in [5.74, 6) is -60.7. The molecule has 20 heteroatoms. The molecule has 208 valence electrons. The molecule has 3 nitrogen and oxygen atoms in total. The zero-order valence-corrected chi connectivity index (χ0v) is 16.5. The minimum absolute atomic E-state index is 0.0486. The van der Waals surface area contributed by atoms with Gasteiger partial charge in [0.15, 0.2) is 0 Å². The summed E-state index contributed by atoms with van der Waals surface area (Å²) in [5.41, 5.74) is -4.88. The number of carboxylic acids is 1. The van der Waals surface area contributed by atoms with Crippen molar-refractivity contribution in [1.82, 2.24) is 0 Å². The maximum atomic E-state index is 14.2. The van der Waals surface area contributed by atoms with E-state index in [4.69, 9.17) is 10.2 Å². The lowest BCUT2D eigenvalue weighted by Crippen LogP contribution is -2.74. The molecule has 0 aliphatic rings. The summed E-state index contributed by atoms with van der Waals surface area (Å²) < 4.78 is 226. The second-order valence-electron chi connectivity index (χ2n) is 6.98. The zero-order chi connectivity index (χ0) is 29.0. The lowest BCUT2D eigenvalue weighted by molar-refractivity contribution is -0.460. The monoisotopic (exact) mass is 562 g/mol. The molecule has 1 unspecified atom stereocenters. The van der Waals surface area contributed by atoms with Gasteiger partial charge in [-0.2, -0.15) is 74.6 Å². The van der Waals surface area contributed by atoms with Crippen molar-refractivity contribution in [1.29, 1.82) is 0 Å². The SMILES string of the molecule is CC(C(=O)O)=C(CC(C)O)C(F)(F)C(F)(F)C(F)(F)C(F)(F)C(F)(F)C(F)(F)C(F)(F)C(F)(F)F. The Morgan fingerprint density at radius 2 is 0.914 bits per heavy atom. The van der Waals surface area contributed by atoms with Crippen molar-refractivity contribution >= 4 is 5.97 Å². The maximum Gasteiger partial charge on any atom is 0.460 e. The molecule has 0 aromatic heterocycles. The van der Waals surface area contributed by atoms with Crippen LogP contribution in [0.1, 0.15) is 20.3 Å². The number of rotatable bonds is 10. The quantitative estimate of drug-likeness (QED) is 0.248. The highest BCUT2D eigenvalue weighted by molar-refractivity contribution is 5.87. The van der Waals surface area contributed by atoms with E-state index in [9.17, 15) is 79.4 Å². The average Bonchev–Trinajstić information content (AvgIpc) is 2.63. The van der Waals surface area contributed by atoms with Crippen LogP contribution in [0.15, 0.2) is 11.1 Å². The number of carboxylic acid groups (broad SMARTS) is 1. The Hall–Kier alpha value is -2.02. The van der Waals surface area contributed by atoms with Crippen LogP contribution < -0.4 is 0 Å². The highest BCUT2D eigenvalue weighted by atomic mass is 19.4. The third-order valence-electron chi connectivity index (χ3n) is 4.37. The van der Waals surface area contributed by atoms with Crippen molar-refractivity contribution in [3.05, 3.63) is 11.1 Å². The number of hydrogen-bond acceptors (Lipinski definition) is 2. The Kier molecular flexibility index (Phi) is 8.31. The van der Waals surface area contributed by atoms with Gasteiger partial charge in [0.2, 0.25) is 0 Å². The Labute approximate surface area is 182 Å². The highest BCUT2D eigenvalue weighted by Gasteiger charge is 2.95. The van der Waals surface area contributed by atoms with Crippen LogP contribution >= 0.6 is 0 Å². The molecule has 0 spiro atoms. The standard InChI is InChI=1S/C15H11F17O3/c1-4(33)3-6(5(2)7(34)35)8(16,17)9(18,19)10(20,21)11(22,23)12(24,25)13(26,27)14(28,29)15(30,31)32/h4,33H,3H2,1-2H3,(H,34,35). The number of hydrogen-bond donors (Lipinski definition) is 2. The fourth-order valence-electron chi connectivity index (χ4n) is 2.29. The number of halogens is 17. The molecule has 0 bridgehead atoms. The largest absolute Gasteiger partial charge is 0.478 e. The van der Waals surface area contributed by atoms with Gasteiger partial charge in [-0.25, -0.2) is 4.79 Å². The number of aliphatic hydroxyl groups is 1. The predicted octanol–water partition coefficient (Wildman–Crippen LogP) is 6.17. The molecular weight excluding hydrogens is 551 g/mol. The lowest BCUT2D eigenvalue weighted by Gasteiger charge is -2.43. The number of carbonyl (C=O) groups is 1. The molecule has 35 heavy (non-hydrogen) atoms. The van der Waals surface area contributed by atoms with Gasteiger partial charge in [0.25, 0.3) is 0 Å². The fraction of sp³-hybridized carbons (Fsp3) is 0.800. The molecule has 0 saturated heterocycles. The first-order valence-electron chi connectivity index (χ1n) is 8.24. The average molecular weight is 562 g/mol. The Morgan fingerprint density at radius 1 is 0.629 bits per heavy atom. The zero-order valence-electron chi connectivity index (χ0n) is 16.5. The number of alkyl halides is 17. The van der Waals surface area contributed by atoms with Crippen LogP contribution in [-0.2, 0) is 4.79 Å². The first-order valence-corrected chi connectivity index (χ1v) is 8.24. The third-order valence-corrected chi connectivity index (χ3v) is 4.37. The molecule has 0 aliphatic carbocycles. The summed E-state index contributed by atoms with van der Waals surface area (Å²) in [6.07, 6.45) is -12.3. The second-order valence-corrected chi connectivity index (χ2v) is 6.98. The van der Waals surface area contributed by atoms with Crippen molar-refractivity contribution in [2.45, 2.75) is 74.0 Å². The molecule has 0 fully saturated rings. The van der Waals surface area contributed by atoms with Crippen LogP contribution in [0.5, 0.6) is 0 Å². The molecule has 0 aliphatic heterocycles. The Balaban J connectivity index is 7.18. The maximum absolute atomic E-state index is 14.2. The normalized spacial score (nSPS) is 17.3. The Morgan fingerprint density at radius 3 is 1.17 bits per heavy atom. The molecule has 0 rings (SSSR count). The molecular formula is C15H11F17O3. The third kappa shape index (κ3) is 4.61. The Bertz CT molecular complexity index is 838. The summed E-state index contributed by atoms with van der Waals surface area (Å²) in [6, 6.07) is 0. The molecule has 0 heterocycles. The van der Waals surface area contributed by atoms with Gasteiger partial charge < -0.3 is 10.2 Å². The van der Waals surface area contributed by atoms with Crippen molar-refractivity contribution in [2.24, 2.45) is 0 Å². The van der Waals surface area contributed by atoms with Crippen LogP contribution in [0.25, 0.3) is 0 Å². The van der Waals surface area contributed by atoms with Crippen LogP contribution in [0, 0.1) is 0 Å². The molecule has 0 saturated carbocycles. The van der Waals surface area contributed by atoms with Gasteiger partial charge in [-0.1, -0.05) is 0 Å². The van der Waals surface area contributed by atoms with Crippen molar-refractivity contribution in [3.63, 3.8) is 0 Å². The minimum atomic E-state index is -8.78. The van der Waals surface area contributed by atoms with Crippen molar-refractivity contribution in [3.8, 4) is 0 Å². The molecule has 0 amide bonds. The molecule has 1 atom stereocenters. The van der Waals surface area contributed by atoms with Gasteiger partial charge in [0, 0.05) is 17.6 Å². The van der Waals surface area contributed by atoms with Gasteiger partial charge >= 0.3 is 53.6 Å². The number of aliphatic carboxylic acids is 1. The molecule has 0 radical (unpaired) electrons. The van der Waals surface area contributed by atoms with E-state index in [0.29, 0.717) is 6.92 Å². The van der Waals surface area contributed by atoms with E-state index >= 15 is 0 Å². The molecule has 0 aromatic rings. The number of aliphatic hydroxyl groups excluding tert-OH is 1. The van der Waals surface area contributed by atoms with Gasteiger partial charge in [-0.3, -0.25) is 0 Å². The highest BCUT2D eigenvalue weighted by Crippen LogP contribution is 2.64. The first-order chi connectivity index (χ1) is 14.9. The summed E-state index contributed by atoms with van der Waals surface area (Å²) in [6.45, 7) is 0.372. The molecule has 0 aromatic carbocycles. The van der Waals surface area contributed by atoms with Crippen molar-refractivity contribution in [2.75, 3.05) is 0 Å². The van der Waals surface area contributed by atoms with Crippen LogP contribution in [0.3, 0.4) is 0 Å². The summed E-state index contributed by atoms with van der Waals surface area (Å²) >= 11 is 0. The second kappa shape index (κ2) is 8.82. The summed E-state index contributed by atoms with van der Waals surface area (Å²) in [5, 5.41) is 17.6. The van der Waals surface area contributed by atoms with Gasteiger partial charge in [-0.15, -0.1) is 0 Å². The van der Waals surface area contributed by atoms with Crippen LogP contribution in [0.4, 0.5) is 74.6 Å². The minimum Gasteiger partial charge on any atom is -0.478 e. The van der Waals surface area contributed by atoms with E-state index < -0.39 is 77.3 Å². The van der Waals surface area contributed by atoms with E-state index in [-0.39, 0.29) is 6.92 Å². The lowest BCUT2D eigenvalue weighted by atomic mass is 9.84. The summed E-state index contributed by atoms with van der Waals surface area (Å²) in [4.78, 5) is 10.8. The predicted molar refractivity (Wildman–Crippen MR) is 77.3 cm³/mol. The van der Waals surface area contributed by atoms with E-state index in [1.54, 1.807) is 0 Å². The van der Waals surface area contributed by atoms with Crippen LogP contribution in [0.2, 0.25) is 0 Å². The van der Waals surface area contributed by atoms with E-state index in [0.717, 1.165) is 0 Å². The fourth-order valence-corrected chi connectivity index (χ4v) is 2.29. The van der Waals surface area contributed by atoms with E-state index in [1.807, 2.05) is 0 Å². The molecule has 2 N–H and O–H groups in total. The van der Waals surface area contributed by atoms with Crippen molar-refractivity contribution < 1.29 is 89.6 Å². The van der Waals surface area contributed by atoms with Crippen LogP contribution in [-0.4, -0.2) is 69.9 Å². The summed E-state index contributed by atoms with van der Waals surface area (Å²) in [7, 11) is 0. The van der Waals surface area contributed by atoms with E-state index in [2.05, 4.69) is 0 Å². The van der Waals surface area contributed by atoms with Gasteiger partial charge in [0.05, 0.1) is 6.10 Å². The first kappa shape index (κ1) is 33.0. The van der Waals surface area contributed by atoms with Gasteiger partial charge in [-0.05, 0) is 13.8 Å². The topological polar surface area (TPSA) is 57.5 Å².